The summed E-state index contributed by atoms with van der Waals surface area (Å²) in [6, 6.07) is -0.187. The first kappa shape index (κ1) is 17.4. The minimum Gasteiger partial charge on any atom is -0.465 e. The molecule has 0 radical (unpaired) electrons. The highest BCUT2D eigenvalue weighted by Crippen LogP contribution is 2.04. The lowest BCUT2D eigenvalue weighted by Crippen LogP contribution is -2.53. The monoisotopic (exact) mass is 285 g/mol. The zero-order valence-electron chi connectivity index (χ0n) is 13.4. The van der Waals surface area contributed by atoms with E-state index in [1.807, 2.05) is 6.92 Å². The van der Waals surface area contributed by atoms with Crippen LogP contribution in [0.4, 0.5) is 0 Å². The zero-order valence-corrected chi connectivity index (χ0v) is 13.4. The van der Waals surface area contributed by atoms with Crippen LogP contribution >= 0.6 is 0 Å². The first-order valence-electron chi connectivity index (χ1n) is 8.05. The van der Waals surface area contributed by atoms with Gasteiger partial charge < -0.3 is 15.0 Å². The first-order chi connectivity index (χ1) is 9.71. The molecule has 0 amide bonds. The molecular weight excluding hydrogens is 254 g/mol. The maximum absolute atomic E-state index is 12.0. The van der Waals surface area contributed by atoms with Crippen molar-refractivity contribution in [3.8, 4) is 0 Å². The molecule has 0 bridgehead atoms. The summed E-state index contributed by atoms with van der Waals surface area (Å²) >= 11 is 0. The Morgan fingerprint density at radius 3 is 2.30 bits per heavy atom. The molecule has 5 heteroatoms. The molecule has 0 aliphatic carbocycles. The van der Waals surface area contributed by atoms with Crippen LogP contribution in [0, 0.1) is 0 Å². The highest BCUT2D eigenvalue weighted by atomic mass is 16.5. The van der Waals surface area contributed by atoms with Gasteiger partial charge in [0.1, 0.15) is 6.04 Å². The fourth-order valence-electron chi connectivity index (χ4n) is 2.55. The van der Waals surface area contributed by atoms with Crippen molar-refractivity contribution in [2.45, 2.75) is 39.7 Å². The van der Waals surface area contributed by atoms with Crippen LogP contribution in [0.1, 0.15) is 33.6 Å². The zero-order chi connectivity index (χ0) is 14.8. The van der Waals surface area contributed by atoms with Crippen molar-refractivity contribution < 1.29 is 9.53 Å². The molecule has 0 aromatic rings. The second-order valence-electron chi connectivity index (χ2n) is 5.40. The number of rotatable bonds is 9. The Kier molecular flexibility index (Phi) is 8.82. The third-order valence-electron chi connectivity index (χ3n) is 3.66. The fourth-order valence-corrected chi connectivity index (χ4v) is 2.55. The second kappa shape index (κ2) is 10.1. The molecular formula is C15H31N3O2. The number of hydrogen-bond donors (Lipinski definition) is 1. The molecule has 118 valence electrons. The Morgan fingerprint density at radius 2 is 1.75 bits per heavy atom. The molecule has 1 aliphatic rings. The van der Waals surface area contributed by atoms with Crippen molar-refractivity contribution in [3.05, 3.63) is 0 Å². The molecule has 1 N–H and O–H groups in total. The molecule has 0 spiro atoms. The lowest BCUT2D eigenvalue weighted by atomic mass is 10.2. The average Bonchev–Trinajstić information content (AvgIpc) is 2.45. The topological polar surface area (TPSA) is 44.8 Å². The molecule has 20 heavy (non-hydrogen) atoms. The summed E-state index contributed by atoms with van der Waals surface area (Å²) < 4.78 is 5.16. The first-order valence-corrected chi connectivity index (χ1v) is 8.05. The molecule has 0 aromatic carbocycles. The van der Waals surface area contributed by atoms with Crippen molar-refractivity contribution >= 4 is 5.97 Å². The van der Waals surface area contributed by atoms with Crippen LogP contribution < -0.4 is 5.32 Å². The molecule has 1 aliphatic heterocycles. The highest BCUT2D eigenvalue weighted by molar-refractivity contribution is 5.76. The van der Waals surface area contributed by atoms with E-state index in [1.165, 1.54) is 13.0 Å². The molecule has 0 aromatic heterocycles. The maximum atomic E-state index is 12.0. The van der Waals surface area contributed by atoms with Gasteiger partial charge in [-0.15, -0.1) is 0 Å². The van der Waals surface area contributed by atoms with Crippen LogP contribution in [0.3, 0.4) is 0 Å². The van der Waals surface area contributed by atoms with Gasteiger partial charge in [-0.05, 0) is 32.9 Å². The number of nitrogens with one attached hydrogen (secondary N) is 1. The third kappa shape index (κ3) is 6.20. The molecule has 1 saturated heterocycles. The molecule has 1 fully saturated rings. The van der Waals surface area contributed by atoms with Crippen molar-refractivity contribution in [1.82, 2.24) is 15.1 Å². The average molecular weight is 285 g/mol. The van der Waals surface area contributed by atoms with Gasteiger partial charge in [-0.1, -0.05) is 13.8 Å². The summed E-state index contributed by atoms with van der Waals surface area (Å²) in [5.41, 5.74) is 0. The van der Waals surface area contributed by atoms with E-state index in [1.54, 1.807) is 0 Å². The van der Waals surface area contributed by atoms with E-state index in [9.17, 15) is 4.79 Å². The minimum absolute atomic E-state index is 0.114. The maximum Gasteiger partial charge on any atom is 0.324 e. The Morgan fingerprint density at radius 1 is 1.10 bits per heavy atom. The minimum atomic E-state index is -0.187. The fraction of sp³-hybridized carbons (Fsp3) is 0.933. The van der Waals surface area contributed by atoms with Crippen LogP contribution in [0.15, 0.2) is 0 Å². The van der Waals surface area contributed by atoms with E-state index in [0.717, 1.165) is 45.7 Å². The summed E-state index contributed by atoms with van der Waals surface area (Å²) in [6.07, 6.45) is 2.24. The Bertz CT molecular complexity index is 266. The van der Waals surface area contributed by atoms with E-state index in [0.29, 0.717) is 6.61 Å². The predicted octanol–water partition coefficient (Wildman–Crippen LogP) is 0.945. The van der Waals surface area contributed by atoms with Crippen LogP contribution in [0.5, 0.6) is 0 Å². The standard InChI is InChI=1S/C15H31N3O2/c1-4-7-16-14(15(19)20-6-3)13-18-11-9-17(8-5-2)10-12-18/h14,16H,4-13H2,1-3H3. The third-order valence-corrected chi connectivity index (χ3v) is 3.66. The number of hydrogen-bond acceptors (Lipinski definition) is 5. The number of nitrogens with zero attached hydrogens (tertiary/aromatic N) is 2. The van der Waals surface area contributed by atoms with E-state index >= 15 is 0 Å². The van der Waals surface area contributed by atoms with Gasteiger partial charge in [0, 0.05) is 32.7 Å². The highest BCUT2D eigenvalue weighted by Gasteiger charge is 2.24. The van der Waals surface area contributed by atoms with Gasteiger partial charge >= 0.3 is 5.97 Å². The van der Waals surface area contributed by atoms with Crippen molar-refractivity contribution in [1.29, 1.82) is 0 Å². The summed E-state index contributed by atoms with van der Waals surface area (Å²) in [5, 5.41) is 3.31. The van der Waals surface area contributed by atoms with Gasteiger partial charge in [0.05, 0.1) is 6.61 Å². The molecule has 1 unspecified atom stereocenters. The van der Waals surface area contributed by atoms with E-state index in [4.69, 9.17) is 4.74 Å². The van der Waals surface area contributed by atoms with Crippen LogP contribution in [-0.2, 0) is 9.53 Å². The predicted molar refractivity (Wildman–Crippen MR) is 81.9 cm³/mol. The summed E-state index contributed by atoms with van der Waals surface area (Å²) in [4.78, 5) is 16.8. The quantitative estimate of drug-likeness (QED) is 0.639. The Labute approximate surface area is 123 Å². The normalized spacial score (nSPS) is 18.9. The SMILES string of the molecule is CCCNC(CN1CCN(CCC)CC1)C(=O)OCC. The molecule has 0 saturated carbocycles. The summed E-state index contributed by atoms with van der Waals surface area (Å²) in [7, 11) is 0. The Balaban J connectivity index is 2.39. The summed E-state index contributed by atoms with van der Waals surface area (Å²) in [5.74, 6) is -0.114. The molecule has 1 rings (SSSR count). The van der Waals surface area contributed by atoms with Crippen molar-refractivity contribution in [2.24, 2.45) is 0 Å². The molecule has 1 atom stereocenters. The van der Waals surface area contributed by atoms with E-state index in [-0.39, 0.29) is 12.0 Å². The van der Waals surface area contributed by atoms with E-state index < -0.39 is 0 Å². The van der Waals surface area contributed by atoms with Gasteiger partial charge in [0.15, 0.2) is 0 Å². The van der Waals surface area contributed by atoms with Crippen LogP contribution in [0.2, 0.25) is 0 Å². The summed E-state index contributed by atoms with van der Waals surface area (Å²) in [6.45, 7) is 13.8. The number of ether oxygens (including phenoxy) is 1. The number of piperazine rings is 1. The number of esters is 1. The van der Waals surface area contributed by atoms with Crippen LogP contribution in [0.25, 0.3) is 0 Å². The number of carbonyl (C=O) groups is 1. The lowest BCUT2D eigenvalue weighted by Gasteiger charge is -2.36. The van der Waals surface area contributed by atoms with Gasteiger partial charge in [-0.25, -0.2) is 0 Å². The van der Waals surface area contributed by atoms with Crippen molar-refractivity contribution in [2.75, 3.05) is 52.4 Å². The number of carbonyl (C=O) groups excluding carboxylic acids is 1. The van der Waals surface area contributed by atoms with E-state index in [2.05, 4.69) is 29.0 Å². The second-order valence-corrected chi connectivity index (χ2v) is 5.40. The van der Waals surface area contributed by atoms with Gasteiger partial charge in [-0.2, -0.15) is 0 Å². The van der Waals surface area contributed by atoms with Crippen LogP contribution in [-0.4, -0.2) is 74.2 Å². The van der Waals surface area contributed by atoms with Gasteiger partial charge in [0.2, 0.25) is 0 Å². The van der Waals surface area contributed by atoms with Crippen molar-refractivity contribution in [3.63, 3.8) is 0 Å². The van der Waals surface area contributed by atoms with Gasteiger partial charge in [0.25, 0.3) is 0 Å². The largest absolute Gasteiger partial charge is 0.465 e. The van der Waals surface area contributed by atoms with Gasteiger partial charge in [-0.3, -0.25) is 9.69 Å². The Hall–Kier alpha value is -0.650. The molecule has 5 nitrogen and oxygen atoms in total. The lowest BCUT2D eigenvalue weighted by molar-refractivity contribution is -0.146. The smallest absolute Gasteiger partial charge is 0.324 e. The molecule has 1 heterocycles.